The normalized spacial score (nSPS) is 15.4. The Labute approximate surface area is 190 Å². The Kier molecular flexibility index (Phi) is 6.40. The first-order chi connectivity index (χ1) is 13.9. The van der Waals surface area contributed by atoms with Gasteiger partial charge >= 0.3 is 0 Å². The maximum absolute atomic E-state index is 13.3. The van der Waals surface area contributed by atoms with Gasteiger partial charge in [0.1, 0.15) is 5.69 Å². The van der Waals surface area contributed by atoms with Crippen LogP contribution in [0.4, 0.5) is 11.4 Å². The minimum Gasteiger partial charge on any atom is -0.320 e. The highest BCUT2D eigenvalue weighted by molar-refractivity contribution is 7.59. The van der Waals surface area contributed by atoms with Gasteiger partial charge in [-0.1, -0.05) is 23.2 Å². The van der Waals surface area contributed by atoms with Crippen LogP contribution in [0.5, 0.6) is 0 Å². The number of carbonyl (C=O) groups excluding carboxylic acids is 2. The van der Waals surface area contributed by atoms with Crippen molar-refractivity contribution in [1.29, 1.82) is 0 Å². The smallest absolute Gasteiger partial charge is 0.277 e. The lowest BCUT2D eigenvalue weighted by Gasteiger charge is -2.32. The fraction of sp³-hybridized carbons (Fsp3) is 0.200. The summed E-state index contributed by atoms with van der Waals surface area (Å²) in [6, 6.07) is 6.67. The number of nitrogens with one attached hydrogen (secondary N) is 1. The summed E-state index contributed by atoms with van der Waals surface area (Å²) in [5.74, 6) is -0.745. The van der Waals surface area contributed by atoms with Crippen LogP contribution in [0.1, 0.15) is 39.4 Å². The minimum atomic E-state index is -0.418. The molecule has 0 radical (unpaired) electrons. The summed E-state index contributed by atoms with van der Waals surface area (Å²) in [7, 11) is 0. The van der Waals surface area contributed by atoms with Gasteiger partial charge in [0.2, 0.25) is 0 Å². The molecule has 0 unspecified atom stereocenters. The third-order valence-electron chi connectivity index (χ3n) is 4.85. The summed E-state index contributed by atoms with van der Waals surface area (Å²) in [6.45, 7) is 4.19. The monoisotopic (exact) mass is 463 g/mol. The number of pyridine rings is 1. The van der Waals surface area contributed by atoms with Gasteiger partial charge in [0.15, 0.2) is 0 Å². The second-order valence-electron chi connectivity index (χ2n) is 6.86. The second-order valence-corrected chi connectivity index (χ2v) is 7.67. The molecule has 1 atom stereocenters. The van der Waals surface area contributed by atoms with Crippen LogP contribution in [-0.4, -0.2) is 33.1 Å². The van der Waals surface area contributed by atoms with Crippen molar-refractivity contribution in [3.05, 3.63) is 69.7 Å². The number of aromatic nitrogens is 3. The van der Waals surface area contributed by atoms with E-state index in [9.17, 15) is 9.59 Å². The fourth-order valence-corrected chi connectivity index (χ4v) is 3.58. The van der Waals surface area contributed by atoms with Crippen molar-refractivity contribution in [2.45, 2.75) is 19.9 Å². The zero-order valence-electron chi connectivity index (χ0n) is 16.2. The van der Waals surface area contributed by atoms with Gasteiger partial charge in [-0.05, 0) is 43.7 Å². The highest BCUT2D eigenvalue weighted by atomic mass is 35.5. The molecular formula is C20H19Cl2N5O2S. The molecule has 1 N–H and O–H groups in total. The summed E-state index contributed by atoms with van der Waals surface area (Å²) in [5, 5.41) is 7.85. The van der Waals surface area contributed by atoms with E-state index in [4.69, 9.17) is 23.2 Å². The van der Waals surface area contributed by atoms with Crippen LogP contribution < -0.4 is 10.2 Å². The highest BCUT2D eigenvalue weighted by Crippen LogP contribution is 2.32. The number of nitrogens with zero attached hydrogens (tertiary/aromatic N) is 4. The molecular weight excluding hydrogens is 445 g/mol. The van der Waals surface area contributed by atoms with Crippen molar-refractivity contribution >= 4 is 59.9 Å². The molecule has 156 valence electrons. The first-order valence-electron chi connectivity index (χ1n) is 8.93. The van der Waals surface area contributed by atoms with Gasteiger partial charge in [-0.15, -0.1) is 0 Å². The van der Waals surface area contributed by atoms with Crippen molar-refractivity contribution in [1.82, 2.24) is 14.8 Å². The van der Waals surface area contributed by atoms with E-state index in [1.807, 2.05) is 13.8 Å². The van der Waals surface area contributed by atoms with Crippen LogP contribution in [0.25, 0.3) is 0 Å². The van der Waals surface area contributed by atoms with Gasteiger partial charge in [0.05, 0.1) is 39.7 Å². The van der Waals surface area contributed by atoms with E-state index in [0.29, 0.717) is 28.0 Å². The number of benzene rings is 1. The quantitative estimate of drug-likeness (QED) is 0.620. The fourth-order valence-electron chi connectivity index (χ4n) is 3.29. The topological polar surface area (TPSA) is 80.1 Å². The van der Waals surface area contributed by atoms with Crippen LogP contribution >= 0.6 is 36.7 Å². The lowest BCUT2D eigenvalue weighted by atomic mass is 10.1. The summed E-state index contributed by atoms with van der Waals surface area (Å²) in [5.41, 5.74) is 2.49. The van der Waals surface area contributed by atoms with Crippen LogP contribution in [0.15, 0.2) is 42.9 Å². The van der Waals surface area contributed by atoms with Crippen LogP contribution in [0, 0.1) is 6.92 Å². The third kappa shape index (κ3) is 3.90. The molecule has 0 saturated heterocycles. The standard InChI is InChI=1S/C20H17Cl2N5O2.H2S/c1-11-5-6-23-9-17(11)25-19(28)14-8-24-27-12(2)10-26(20(29)18(14)27)13-3-4-15(21)16(22)7-13;/h3-9,12H,10H2,1-2H3,(H,25,28);1H2/t12-;/m0./s1. The van der Waals surface area contributed by atoms with Crippen molar-refractivity contribution in [3.63, 3.8) is 0 Å². The average molecular weight is 464 g/mol. The largest absolute Gasteiger partial charge is 0.320 e. The van der Waals surface area contributed by atoms with Crippen molar-refractivity contribution in [3.8, 4) is 0 Å². The Morgan fingerprint density at radius 3 is 2.67 bits per heavy atom. The highest BCUT2D eigenvalue weighted by Gasteiger charge is 2.35. The number of halogens is 2. The molecule has 0 fully saturated rings. The zero-order valence-corrected chi connectivity index (χ0v) is 18.7. The summed E-state index contributed by atoms with van der Waals surface area (Å²) in [6.07, 6.45) is 4.63. The van der Waals surface area contributed by atoms with Crippen LogP contribution in [0.3, 0.4) is 0 Å². The molecule has 30 heavy (non-hydrogen) atoms. The van der Waals surface area contributed by atoms with Crippen LogP contribution in [0.2, 0.25) is 10.0 Å². The molecule has 0 aliphatic carbocycles. The van der Waals surface area contributed by atoms with Gasteiger partial charge in [-0.2, -0.15) is 18.6 Å². The number of amides is 2. The van der Waals surface area contributed by atoms with Gasteiger partial charge in [0, 0.05) is 18.4 Å². The molecule has 4 rings (SSSR count). The predicted octanol–water partition coefficient (Wildman–Crippen LogP) is 4.48. The van der Waals surface area contributed by atoms with Gasteiger partial charge < -0.3 is 10.2 Å². The second kappa shape index (κ2) is 8.67. The van der Waals surface area contributed by atoms with E-state index in [1.54, 1.807) is 46.2 Å². The maximum atomic E-state index is 13.3. The lowest BCUT2D eigenvalue weighted by molar-refractivity contribution is 0.0939. The lowest BCUT2D eigenvalue weighted by Crippen LogP contribution is -2.43. The molecule has 1 aliphatic heterocycles. The van der Waals surface area contributed by atoms with Gasteiger partial charge in [0.25, 0.3) is 11.8 Å². The molecule has 0 saturated carbocycles. The SMILES string of the molecule is Cc1ccncc1NC(=O)c1cnn2c1C(=O)N(c1ccc(Cl)c(Cl)c1)C[C@@H]2C.S. The van der Waals surface area contributed by atoms with Crippen molar-refractivity contribution in [2.24, 2.45) is 0 Å². The van der Waals surface area contributed by atoms with E-state index in [0.717, 1.165) is 5.56 Å². The Bertz CT molecular complexity index is 1130. The number of anilines is 2. The molecule has 2 aromatic heterocycles. The van der Waals surface area contributed by atoms with E-state index >= 15 is 0 Å². The number of fused-ring (bicyclic) bond motifs is 1. The van der Waals surface area contributed by atoms with Crippen LogP contribution in [-0.2, 0) is 0 Å². The summed E-state index contributed by atoms with van der Waals surface area (Å²) >= 11 is 12.1. The molecule has 0 bridgehead atoms. The first-order valence-corrected chi connectivity index (χ1v) is 9.68. The molecule has 7 nitrogen and oxygen atoms in total. The Hall–Kier alpha value is -2.55. The summed E-state index contributed by atoms with van der Waals surface area (Å²) < 4.78 is 1.58. The first kappa shape index (κ1) is 22.1. The molecule has 0 spiro atoms. The predicted molar refractivity (Wildman–Crippen MR) is 122 cm³/mol. The Morgan fingerprint density at radius 2 is 1.97 bits per heavy atom. The average Bonchev–Trinajstić information content (AvgIpc) is 3.15. The third-order valence-corrected chi connectivity index (χ3v) is 5.59. The van der Waals surface area contributed by atoms with Crippen molar-refractivity contribution < 1.29 is 9.59 Å². The Balaban J connectivity index is 0.00000256. The van der Waals surface area contributed by atoms with E-state index < -0.39 is 5.91 Å². The number of hydrogen-bond donors (Lipinski definition) is 1. The van der Waals surface area contributed by atoms with Gasteiger partial charge in [-0.25, -0.2) is 0 Å². The van der Waals surface area contributed by atoms with E-state index in [-0.39, 0.29) is 36.7 Å². The molecule has 10 heteroatoms. The number of hydrogen-bond acceptors (Lipinski definition) is 4. The summed E-state index contributed by atoms with van der Waals surface area (Å²) in [4.78, 5) is 31.8. The minimum absolute atomic E-state index is 0. The number of aryl methyl sites for hydroxylation is 1. The zero-order chi connectivity index (χ0) is 20.7. The van der Waals surface area contributed by atoms with E-state index in [1.165, 1.54) is 6.20 Å². The number of carbonyl (C=O) groups is 2. The Morgan fingerprint density at radius 1 is 1.20 bits per heavy atom. The maximum Gasteiger partial charge on any atom is 0.277 e. The molecule has 3 aromatic rings. The molecule has 2 amide bonds. The van der Waals surface area contributed by atoms with E-state index in [2.05, 4.69) is 15.4 Å². The molecule has 1 aliphatic rings. The number of rotatable bonds is 3. The molecule has 3 heterocycles. The van der Waals surface area contributed by atoms with Crippen molar-refractivity contribution in [2.75, 3.05) is 16.8 Å². The molecule has 1 aromatic carbocycles. The van der Waals surface area contributed by atoms with Gasteiger partial charge in [-0.3, -0.25) is 19.3 Å².